The van der Waals surface area contributed by atoms with Gasteiger partial charge in [0.15, 0.2) is 17.4 Å². The van der Waals surface area contributed by atoms with Gasteiger partial charge in [0, 0.05) is 6.54 Å². The molecule has 0 aliphatic rings. The molecule has 3 nitrogen and oxygen atoms in total. The minimum atomic E-state index is -0.693. The third kappa shape index (κ3) is 3.30. The van der Waals surface area contributed by atoms with Gasteiger partial charge in [-0.2, -0.15) is 0 Å². The number of para-hydroxylation sites is 1. The smallest absolute Gasteiger partial charge is 0.190 e. The van der Waals surface area contributed by atoms with Crippen molar-refractivity contribution < 1.29 is 17.9 Å². The topological polar surface area (TPSA) is 34.4 Å². The lowest BCUT2D eigenvalue weighted by Gasteiger charge is -2.08. The quantitative estimate of drug-likeness (QED) is 0.804. The van der Waals surface area contributed by atoms with Crippen LogP contribution in [0.15, 0.2) is 41.0 Å². The fourth-order valence-electron chi connectivity index (χ4n) is 1.47. The van der Waals surface area contributed by atoms with Crippen molar-refractivity contribution in [1.82, 2.24) is 5.32 Å². The van der Waals surface area contributed by atoms with E-state index in [0.717, 1.165) is 17.9 Å². The lowest BCUT2D eigenvalue weighted by Crippen LogP contribution is -2.20. The maximum atomic E-state index is 13.2. The van der Waals surface area contributed by atoms with Crippen molar-refractivity contribution in [2.45, 2.75) is 6.54 Å². The van der Waals surface area contributed by atoms with Crippen molar-refractivity contribution in [3.63, 3.8) is 0 Å². The molecule has 0 radical (unpaired) electrons. The molecule has 18 heavy (non-hydrogen) atoms. The zero-order valence-corrected chi connectivity index (χ0v) is 9.66. The van der Waals surface area contributed by atoms with Crippen LogP contribution in [0.25, 0.3) is 0 Å². The standard InChI is InChI=1S/C13H13F2NO2/c14-11-4-1-5-12(15)13(11)18-8-6-16-9-10-3-2-7-17-10/h1-5,7,16H,6,8-9H2. The van der Waals surface area contributed by atoms with E-state index in [1.807, 2.05) is 6.07 Å². The predicted molar refractivity (Wildman–Crippen MR) is 62.3 cm³/mol. The number of nitrogens with one attached hydrogen (secondary N) is 1. The molecule has 0 fully saturated rings. The van der Waals surface area contributed by atoms with Crippen molar-refractivity contribution in [1.29, 1.82) is 0 Å². The average Bonchev–Trinajstić information content (AvgIpc) is 2.85. The maximum Gasteiger partial charge on any atom is 0.190 e. The number of halogens is 2. The molecule has 0 unspecified atom stereocenters. The van der Waals surface area contributed by atoms with Crippen LogP contribution in [0, 0.1) is 11.6 Å². The van der Waals surface area contributed by atoms with Crippen molar-refractivity contribution in [2.75, 3.05) is 13.2 Å². The molecule has 5 heteroatoms. The summed E-state index contributed by atoms with van der Waals surface area (Å²) in [7, 11) is 0. The molecule has 0 amide bonds. The molecule has 0 bridgehead atoms. The molecule has 0 atom stereocenters. The lowest BCUT2D eigenvalue weighted by atomic mass is 10.3. The minimum Gasteiger partial charge on any atom is -0.486 e. The van der Waals surface area contributed by atoms with Gasteiger partial charge in [0.1, 0.15) is 12.4 Å². The highest BCUT2D eigenvalue weighted by atomic mass is 19.1. The van der Waals surface area contributed by atoms with E-state index in [1.54, 1.807) is 12.3 Å². The Morgan fingerprint density at radius 1 is 1.11 bits per heavy atom. The van der Waals surface area contributed by atoms with Crippen molar-refractivity contribution in [2.24, 2.45) is 0 Å². The predicted octanol–water partition coefficient (Wildman–Crippen LogP) is 2.73. The van der Waals surface area contributed by atoms with Gasteiger partial charge in [0.2, 0.25) is 0 Å². The van der Waals surface area contributed by atoms with Crippen LogP contribution in [0.1, 0.15) is 5.76 Å². The van der Waals surface area contributed by atoms with Gasteiger partial charge in [-0.05, 0) is 24.3 Å². The van der Waals surface area contributed by atoms with Crippen LogP contribution in [0.5, 0.6) is 5.75 Å². The van der Waals surface area contributed by atoms with Gasteiger partial charge >= 0.3 is 0 Å². The second-order valence-electron chi connectivity index (χ2n) is 3.66. The Kier molecular flexibility index (Phi) is 4.30. The number of hydrogen-bond acceptors (Lipinski definition) is 3. The molecule has 1 N–H and O–H groups in total. The van der Waals surface area contributed by atoms with E-state index < -0.39 is 11.6 Å². The van der Waals surface area contributed by atoms with Crippen LogP contribution < -0.4 is 10.1 Å². The molecule has 0 spiro atoms. The van der Waals surface area contributed by atoms with Crippen LogP contribution in [0.2, 0.25) is 0 Å². The first kappa shape index (κ1) is 12.6. The molecule has 0 saturated heterocycles. The second-order valence-corrected chi connectivity index (χ2v) is 3.66. The van der Waals surface area contributed by atoms with Crippen molar-refractivity contribution in [3.05, 3.63) is 54.0 Å². The summed E-state index contributed by atoms with van der Waals surface area (Å²) in [5.74, 6) is -0.925. The summed E-state index contributed by atoms with van der Waals surface area (Å²) in [4.78, 5) is 0. The number of furan rings is 1. The second kappa shape index (κ2) is 6.16. The van der Waals surface area contributed by atoms with Crippen LogP contribution >= 0.6 is 0 Å². The summed E-state index contributed by atoms with van der Waals surface area (Å²) >= 11 is 0. The molecular formula is C13H13F2NO2. The zero-order valence-electron chi connectivity index (χ0n) is 9.66. The summed E-state index contributed by atoms with van der Waals surface area (Å²) < 4.78 is 36.5. The molecule has 1 heterocycles. The largest absolute Gasteiger partial charge is 0.486 e. The Morgan fingerprint density at radius 3 is 2.56 bits per heavy atom. The van der Waals surface area contributed by atoms with Gasteiger partial charge in [-0.25, -0.2) is 8.78 Å². The normalized spacial score (nSPS) is 10.6. The third-order valence-corrected chi connectivity index (χ3v) is 2.32. The van der Waals surface area contributed by atoms with Gasteiger partial charge in [-0.3, -0.25) is 0 Å². The van der Waals surface area contributed by atoms with Crippen molar-refractivity contribution in [3.8, 4) is 5.75 Å². The number of benzene rings is 1. The molecular weight excluding hydrogens is 240 g/mol. The SMILES string of the molecule is Fc1cccc(F)c1OCCNCc1ccco1. The molecule has 0 aliphatic carbocycles. The van der Waals surface area contributed by atoms with Gasteiger partial charge in [0.25, 0.3) is 0 Å². The van der Waals surface area contributed by atoms with Gasteiger partial charge in [-0.15, -0.1) is 0 Å². The summed E-state index contributed by atoms with van der Waals surface area (Å²) in [5.41, 5.74) is 0. The van der Waals surface area contributed by atoms with Crippen LogP contribution in [-0.4, -0.2) is 13.2 Å². The molecule has 2 aromatic rings. The molecule has 96 valence electrons. The Morgan fingerprint density at radius 2 is 1.89 bits per heavy atom. The molecule has 0 aliphatic heterocycles. The van der Waals surface area contributed by atoms with E-state index >= 15 is 0 Å². The van der Waals surface area contributed by atoms with E-state index in [0.29, 0.717) is 13.1 Å². The van der Waals surface area contributed by atoms with Gasteiger partial charge in [-0.1, -0.05) is 6.07 Å². The fraction of sp³-hybridized carbons (Fsp3) is 0.231. The van der Waals surface area contributed by atoms with E-state index in [-0.39, 0.29) is 12.4 Å². The molecule has 1 aromatic heterocycles. The monoisotopic (exact) mass is 253 g/mol. The molecule has 1 aromatic carbocycles. The van der Waals surface area contributed by atoms with E-state index in [4.69, 9.17) is 9.15 Å². The Hall–Kier alpha value is -1.88. The summed E-state index contributed by atoms with van der Waals surface area (Å²) in [6.45, 7) is 1.20. The van der Waals surface area contributed by atoms with Crippen LogP contribution in [-0.2, 0) is 6.54 Å². The van der Waals surface area contributed by atoms with Crippen LogP contribution in [0.3, 0.4) is 0 Å². The molecule has 2 rings (SSSR count). The Bertz CT molecular complexity index is 465. The van der Waals surface area contributed by atoms with Gasteiger partial charge in [0.05, 0.1) is 12.8 Å². The highest BCUT2D eigenvalue weighted by molar-refractivity contribution is 5.25. The Labute approximate surface area is 103 Å². The fourth-order valence-corrected chi connectivity index (χ4v) is 1.47. The van der Waals surface area contributed by atoms with Crippen molar-refractivity contribution >= 4 is 0 Å². The minimum absolute atomic E-state index is 0.179. The number of rotatable bonds is 6. The summed E-state index contributed by atoms with van der Waals surface area (Å²) in [6.07, 6.45) is 1.59. The lowest BCUT2D eigenvalue weighted by molar-refractivity contribution is 0.281. The molecule has 0 saturated carbocycles. The van der Waals surface area contributed by atoms with E-state index in [9.17, 15) is 8.78 Å². The average molecular weight is 253 g/mol. The first-order valence-electron chi connectivity index (χ1n) is 5.57. The summed E-state index contributed by atoms with van der Waals surface area (Å²) in [6, 6.07) is 7.25. The van der Waals surface area contributed by atoms with E-state index in [1.165, 1.54) is 6.07 Å². The highest BCUT2D eigenvalue weighted by Gasteiger charge is 2.08. The van der Waals surface area contributed by atoms with Gasteiger partial charge < -0.3 is 14.5 Å². The Balaban J connectivity index is 1.72. The van der Waals surface area contributed by atoms with E-state index in [2.05, 4.69) is 5.32 Å². The highest BCUT2D eigenvalue weighted by Crippen LogP contribution is 2.20. The zero-order chi connectivity index (χ0) is 12.8. The number of ether oxygens (including phenoxy) is 1. The van der Waals surface area contributed by atoms with Crippen LogP contribution in [0.4, 0.5) is 8.78 Å². The summed E-state index contributed by atoms with van der Waals surface area (Å²) in [5, 5.41) is 3.03. The number of hydrogen-bond donors (Lipinski definition) is 1. The maximum absolute atomic E-state index is 13.2. The first-order chi connectivity index (χ1) is 8.77. The third-order valence-electron chi connectivity index (χ3n) is 2.32. The first-order valence-corrected chi connectivity index (χ1v) is 5.57.